The van der Waals surface area contributed by atoms with Gasteiger partial charge in [0, 0.05) is 17.8 Å². The van der Waals surface area contributed by atoms with Crippen LogP contribution in [0, 0.1) is 45.3 Å². The highest BCUT2D eigenvalue weighted by Crippen LogP contribution is 2.75. The third kappa shape index (κ3) is 4.11. The van der Waals surface area contributed by atoms with Crippen LogP contribution in [0.5, 0.6) is 0 Å². The average Bonchev–Trinajstić information content (AvgIpc) is 3.21. The number of aromatic nitrogens is 1. The third-order valence-corrected chi connectivity index (χ3v) is 12.6. The van der Waals surface area contributed by atoms with Crippen LogP contribution in [0.1, 0.15) is 112 Å². The van der Waals surface area contributed by atoms with Gasteiger partial charge in [0.2, 0.25) is 0 Å². The van der Waals surface area contributed by atoms with E-state index >= 15 is 0 Å². The number of carbonyl (C=O) groups excluding carboxylic acids is 1. The summed E-state index contributed by atoms with van der Waals surface area (Å²) in [6, 6.07) is 4.06. The second kappa shape index (κ2) is 9.60. The first-order valence-electron chi connectivity index (χ1n) is 15.3. The molecule has 206 valence electrons. The highest BCUT2D eigenvalue weighted by Gasteiger charge is 2.69. The zero-order chi connectivity index (χ0) is 27.5. The summed E-state index contributed by atoms with van der Waals surface area (Å²) in [7, 11) is 0. The fraction of sp³-hybridized carbons (Fsp3) is 0.667. The van der Waals surface area contributed by atoms with Crippen molar-refractivity contribution in [2.24, 2.45) is 45.3 Å². The van der Waals surface area contributed by atoms with Crippen molar-refractivity contribution in [3.05, 3.63) is 59.0 Å². The Labute approximate surface area is 232 Å². The van der Waals surface area contributed by atoms with Gasteiger partial charge in [-0.1, -0.05) is 64.0 Å². The fourth-order valence-corrected chi connectivity index (χ4v) is 10.6. The first-order chi connectivity index (χ1) is 17.8. The maximum absolute atomic E-state index is 13.9. The van der Waals surface area contributed by atoms with Crippen LogP contribution in [0.25, 0.3) is 6.08 Å². The van der Waals surface area contributed by atoms with E-state index in [9.17, 15) is 4.79 Å². The molecular weight excluding hydrogens is 462 g/mol. The Kier molecular flexibility index (Phi) is 6.97. The Morgan fingerprint density at radius 3 is 2.37 bits per heavy atom. The summed E-state index contributed by atoms with van der Waals surface area (Å²) in [6.07, 6.45) is 20.5. The number of pyridine rings is 1. The van der Waals surface area contributed by atoms with Crippen molar-refractivity contribution in [3.8, 4) is 0 Å². The number of nitrogens with zero attached hydrogens (tertiary/aromatic N) is 1. The molecule has 1 aromatic rings. The Morgan fingerprint density at radius 2 is 1.68 bits per heavy atom. The standard InChI is InChI=1S/C36H51NO/c1-24(2)11-9-12-25(3)28-16-18-35(7)29(28)14-15-31-34(6)22-27(21-26-13-10-20-37-23-26)32(38)33(4,5)30(34)17-19-36(31,35)8/h10-13,20-21,23,28-31H,9,14-19,22H2,1-8H3/b25-12-,27-21-/t28-,29-,30+,31-,34+,35-,36-/m1/s1. The lowest BCUT2D eigenvalue weighted by atomic mass is 9.35. The smallest absolute Gasteiger partial charge is 0.164 e. The molecule has 0 spiro atoms. The van der Waals surface area contributed by atoms with E-state index in [0.717, 1.165) is 35.8 Å². The second-order valence-electron chi connectivity index (χ2n) is 15.0. The molecule has 2 heteroatoms. The van der Waals surface area contributed by atoms with E-state index in [-0.39, 0.29) is 10.8 Å². The number of carbonyl (C=O) groups is 1. The molecule has 4 saturated carbocycles. The zero-order valence-electron chi connectivity index (χ0n) is 25.4. The van der Waals surface area contributed by atoms with Crippen LogP contribution in [0.2, 0.25) is 0 Å². The van der Waals surface area contributed by atoms with Gasteiger partial charge >= 0.3 is 0 Å². The summed E-state index contributed by atoms with van der Waals surface area (Å²) in [5.41, 5.74) is 5.66. The van der Waals surface area contributed by atoms with Crippen molar-refractivity contribution >= 4 is 11.9 Å². The van der Waals surface area contributed by atoms with E-state index in [1.807, 2.05) is 18.5 Å². The number of hydrogen-bond acceptors (Lipinski definition) is 2. The van der Waals surface area contributed by atoms with Gasteiger partial charge in [0.15, 0.2) is 5.78 Å². The predicted molar refractivity (Wildman–Crippen MR) is 159 cm³/mol. The minimum Gasteiger partial charge on any atom is -0.294 e. The van der Waals surface area contributed by atoms with Gasteiger partial charge in [0.1, 0.15) is 0 Å². The van der Waals surface area contributed by atoms with Gasteiger partial charge in [-0.15, -0.1) is 0 Å². The van der Waals surface area contributed by atoms with E-state index < -0.39 is 0 Å². The van der Waals surface area contributed by atoms with E-state index in [1.165, 1.54) is 44.1 Å². The molecule has 38 heavy (non-hydrogen) atoms. The average molecular weight is 514 g/mol. The van der Waals surface area contributed by atoms with Crippen molar-refractivity contribution in [2.45, 2.75) is 107 Å². The van der Waals surface area contributed by atoms with Crippen molar-refractivity contribution in [1.82, 2.24) is 4.98 Å². The van der Waals surface area contributed by atoms with E-state index in [0.29, 0.717) is 28.4 Å². The van der Waals surface area contributed by atoms with Crippen molar-refractivity contribution in [3.63, 3.8) is 0 Å². The Balaban J connectivity index is 1.49. The molecule has 5 rings (SSSR count). The lowest BCUT2D eigenvalue weighted by Gasteiger charge is -2.69. The van der Waals surface area contributed by atoms with E-state index in [4.69, 9.17) is 0 Å². The minimum absolute atomic E-state index is 0.152. The van der Waals surface area contributed by atoms with Crippen LogP contribution < -0.4 is 0 Å². The summed E-state index contributed by atoms with van der Waals surface area (Å²) >= 11 is 0. The Morgan fingerprint density at radius 1 is 0.947 bits per heavy atom. The van der Waals surface area contributed by atoms with Crippen LogP contribution in [-0.2, 0) is 4.79 Å². The second-order valence-corrected chi connectivity index (χ2v) is 15.0. The van der Waals surface area contributed by atoms with Crippen LogP contribution >= 0.6 is 0 Å². The molecule has 0 saturated heterocycles. The maximum Gasteiger partial charge on any atom is 0.164 e. The number of hydrogen-bond donors (Lipinski definition) is 0. The molecule has 0 aromatic carbocycles. The monoisotopic (exact) mass is 513 g/mol. The molecule has 4 fully saturated rings. The molecular formula is C36H51NO. The number of Topliss-reactive ketones (excluding diaryl/α,β-unsaturated/α-hetero) is 1. The maximum atomic E-state index is 13.9. The topological polar surface area (TPSA) is 30.0 Å². The largest absolute Gasteiger partial charge is 0.294 e. The lowest BCUT2D eigenvalue weighted by molar-refractivity contribution is -0.195. The summed E-state index contributed by atoms with van der Waals surface area (Å²) in [4.78, 5) is 18.2. The van der Waals surface area contributed by atoms with Crippen molar-refractivity contribution in [1.29, 1.82) is 0 Å². The van der Waals surface area contributed by atoms with Gasteiger partial charge in [0.05, 0.1) is 0 Å². The first kappa shape index (κ1) is 27.6. The summed E-state index contributed by atoms with van der Waals surface area (Å²) in [5, 5.41) is 0. The quantitative estimate of drug-likeness (QED) is 0.296. The zero-order valence-corrected chi connectivity index (χ0v) is 25.4. The van der Waals surface area contributed by atoms with E-state index in [1.54, 1.807) is 5.57 Å². The van der Waals surface area contributed by atoms with Gasteiger partial charge in [-0.25, -0.2) is 0 Å². The highest BCUT2D eigenvalue weighted by atomic mass is 16.1. The molecule has 2 nitrogen and oxygen atoms in total. The van der Waals surface area contributed by atoms with Crippen LogP contribution in [0.4, 0.5) is 0 Å². The third-order valence-electron chi connectivity index (χ3n) is 12.6. The fourth-order valence-electron chi connectivity index (χ4n) is 10.6. The predicted octanol–water partition coefficient (Wildman–Crippen LogP) is 9.63. The number of allylic oxidation sites excluding steroid dienone is 5. The lowest BCUT2D eigenvalue weighted by Crippen LogP contribution is -2.63. The number of fused-ring (bicyclic) bond motifs is 5. The molecule has 4 aliphatic carbocycles. The van der Waals surface area contributed by atoms with Gasteiger partial charge in [-0.3, -0.25) is 9.78 Å². The molecule has 0 amide bonds. The molecule has 0 radical (unpaired) electrons. The number of rotatable bonds is 4. The van der Waals surface area contributed by atoms with Gasteiger partial charge in [0.25, 0.3) is 0 Å². The molecule has 0 bridgehead atoms. The molecule has 1 aromatic heterocycles. The molecule has 0 N–H and O–H groups in total. The first-order valence-corrected chi connectivity index (χ1v) is 15.3. The SMILES string of the molecule is CC(C)=CC/C=C(/C)[C@H]1CC[C@]2(C)[C@@H]1CC[C@@H]1[C@@]3(C)C/C(=C/c4cccnc4)C(=O)C(C)(C)[C@@H]3CC[C@]12C. The van der Waals surface area contributed by atoms with Gasteiger partial charge in [-0.2, -0.15) is 0 Å². The van der Waals surface area contributed by atoms with Gasteiger partial charge < -0.3 is 0 Å². The minimum atomic E-state index is -0.317. The molecule has 4 aliphatic rings. The van der Waals surface area contributed by atoms with Crippen LogP contribution in [0.3, 0.4) is 0 Å². The van der Waals surface area contributed by atoms with Crippen LogP contribution in [-0.4, -0.2) is 10.8 Å². The Bertz CT molecular complexity index is 1170. The van der Waals surface area contributed by atoms with Crippen molar-refractivity contribution in [2.75, 3.05) is 0 Å². The highest BCUT2D eigenvalue weighted by molar-refractivity contribution is 6.04. The van der Waals surface area contributed by atoms with E-state index in [2.05, 4.69) is 84.7 Å². The van der Waals surface area contributed by atoms with Gasteiger partial charge in [-0.05, 0) is 135 Å². The van der Waals surface area contributed by atoms with Crippen LogP contribution in [0.15, 0.2) is 53.4 Å². The molecule has 1 heterocycles. The molecule has 0 aliphatic heterocycles. The Hall–Kier alpha value is -1.96. The molecule has 7 atom stereocenters. The van der Waals surface area contributed by atoms with Crippen molar-refractivity contribution < 1.29 is 4.79 Å². The summed E-state index contributed by atoms with van der Waals surface area (Å²) < 4.78 is 0. The summed E-state index contributed by atoms with van der Waals surface area (Å²) in [5.74, 6) is 3.00. The molecule has 0 unspecified atom stereocenters. The normalized spacial score (nSPS) is 41.3. The summed E-state index contributed by atoms with van der Waals surface area (Å²) in [6.45, 7) is 19.2. The number of ketones is 1.